The molecule has 0 spiro atoms. The van der Waals surface area contributed by atoms with Gasteiger partial charge in [-0.1, -0.05) is 47.5 Å². The number of aromatic nitrogens is 1. The topological polar surface area (TPSA) is 46.4 Å². The number of carbonyl (C=O) groups excluding carboxylic acids is 1. The van der Waals surface area contributed by atoms with Crippen molar-refractivity contribution < 1.29 is 4.79 Å². The number of amides is 1. The molecule has 0 bridgehead atoms. The summed E-state index contributed by atoms with van der Waals surface area (Å²) in [5, 5.41) is 5.11. The van der Waals surface area contributed by atoms with Crippen LogP contribution in [-0.2, 0) is 0 Å². The zero-order valence-electron chi connectivity index (χ0n) is 15.3. The van der Waals surface area contributed by atoms with Crippen molar-refractivity contribution in [1.82, 2.24) is 9.99 Å². The molecule has 2 aromatic carbocycles. The highest BCUT2D eigenvalue weighted by atomic mass is 35.5. The lowest BCUT2D eigenvalue weighted by molar-refractivity contribution is 0.0954. The van der Waals surface area contributed by atoms with Gasteiger partial charge in [-0.25, -0.2) is 5.43 Å². The molecule has 1 aromatic heterocycles. The van der Waals surface area contributed by atoms with Crippen LogP contribution in [0.4, 0.5) is 0 Å². The first-order valence-electron chi connectivity index (χ1n) is 8.42. The van der Waals surface area contributed by atoms with E-state index in [0.29, 0.717) is 15.6 Å². The summed E-state index contributed by atoms with van der Waals surface area (Å²) in [6, 6.07) is 14.9. The van der Waals surface area contributed by atoms with Crippen LogP contribution in [0, 0.1) is 20.8 Å². The van der Waals surface area contributed by atoms with E-state index in [9.17, 15) is 4.79 Å². The van der Waals surface area contributed by atoms with Crippen LogP contribution in [0.5, 0.6) is 0 Å². The number of hydrogen-bond acceptors (Lipinski definition) is 2. The standard InChI is InChI=1S/C21H19Cl2N3O/c1-13-7-4-5-8-17(13)21(27)25-24-12-16-11-14(2)26(15(16)3)19-10-6-9-18(22)20(19)23/h4-12H,1-3H3,(H,25,27)/b24-12-. The van der Waals surface area contributed by atoms with E-state index >= 15 is 0 Å². The molecule has 3 rings (SSSR count). The van der Waals surface area contributed by atoms with Crippen LogP contribution in [0.15, 0.2) is 53.6 Å². The van der Waals surface area contributed by atoms with Gasteiger partial charge >= 0.3 is 0 Å². The summed E-state index contributed by atoms with van der Waals surface area (Å²) >= 11 is 12.5. The van der Waals surface area contributed by atoms with Gasteiger partial charge in [-0.05, 0) is 50.6 Å². The summed E-state index contributed by atoms with van der Waals surface area (Å²) in [4.78, 5) is 12.3. The number of benzene rings is 2. The minimum Gasteiger partial charge on any atom is -0.316 e. The molecule has 0 radical (unpaired) electrons. The number of halogens is 2. The Morgan fingerprint density at radius 2 is 1.81 bits per heavy atom. The Bertz CT molecular complexity index is 1040. The molecule has 1 heterocycles. The zero-order chi connectivity index (χ0) is 19.6. The van der Waals surface area contributed by atoms with Gasteiger partial charge in [0, 0.05) is 22.5 Å². The van der Waals surface area contributed by atoms with E-state index in [1.165, 1.54) is 0 Å². The Balaban J connectivity index is 1.85. The van der Waals surface area contributed by atoms with Crippen LogP contribution < -0.4 is 5.43 Å². The third-order valence-corrected chi connectivity index (χ3v) is 5.21. The normalized spacial score (nSPS) is 11.1. The fourth-order valence-corrected chi connectivity index (χ4v) is 3.38. The first-order chi connectivity index (χ1) is 12.9. The Morgan fingerprint density at radius 3 is 2.56 bits per heavy atom. The highest BCUT2D eigenvalue weighted by Gasteiger charge is 2.14. The van der Waals surface area contributed by atoms with E-state index < -0.39 is 0 Å². The van der Waals surface area contributed by atoms with Gasteiger partial charge in [0.15, 0.2) is 0 Å². The summed E-state index contributed by atoms with van der Waals surface area (Å²) in [5.41, 5.74) is 7.71. The fourth-order valence-electron chi connectivity index (χ4n) is 3.00. The molecular formula is C21H19Cl2N3O. The molecule has 0 saturated carbocycles. The summed E-state index contributed by atoms with van der Waals surface area (Å²) in [7, 11) is 0. The van der Waals surface area contributed by atoms with Gasteiger partial charge in [0.25, 0.3) is 5.91 Å². The molecule has 6 heteroatoms. The van der Waals surface area contributed by atoms with Crippen molar-refractivity contribution in [2.75, 3.05) is 0 Å². The molecule has 4 nitrogen and oxygen atoms in total. The van der Waals surface area contributed by atoms with E-state index in [4.69, 9.17) is 23.2 Å². The quantitative estimate of drug-likeness (QED) is 0.458. The van der Waals surface area contributed by atoms with E-state index in [2.05, 4.69) is 10.5 Å². The number of rotatable bonds is 4. The SMILES string of the molecule is Cc1ccccc1C(=O)N/N=C\c1cc(C)n(-c2cccc(Cl)c2Cl)c1C. The molecule has 0 atom stereocenters. The minimum atomic E-state index is -0.240. The van der Waals surface area contributed by atoms with E-state index in [1.807, 2.05) is 61.7 Å². The van der Waals surface area contributed by atoms with Crippen molar-refractivity contribution in [3.8, 4) is 5.69 Å². The molecule has 27 heavy (non-hydrogen) atoms. The maximum absolute atomic E-state index is 12.3. The average Bonchev–Trinajstić information content (AvgIpc) is 2.91. The molecular weight excluding hydrogens is 381 g/mol. The lowest BCUT2D eigenvalue weighted by Crippen LogP contribution is -2.18. The van der Waals surface area contributed by atoms with Gasteiger partial charge < -0.3 is 4.57 Å². The Labute approximate surface area is 168 Å². The van der Waals surface area contributed by atoms with E-state index in [1.54, 1.807) is 18.3 Å². The van der Waals surface area contributed by atoms with Gasteiger partial charge in [-0.2, -0.15) is 5.10 Å². The molecule has 1 N–H and O–H groups in total. The molecule has 1 amide bonds. The van der Waals surface area contributed by atoms with Crippen molar-refractivity contribution in [2.45, 2.75) is 20.8 Å². The molecule has 138 valence electrons. The predicted octanol–water partition coefficient (Wildman–Crippen LogP) is 5.47. The fraction of sp³-hybridized carbons (Fsp3) is 0.143. The smallest absolute Gasteiger partial charge is 0.271 e. The summed E-state index contributed by atoms with van der Waals surface area (Å²) in [6.07, 6.45) is 1.63. The lowest BCUT2D eigenvalue weighted by atomic mass is 10.1. The summed E-state index contributed by atoms with van der Waals surface area (Å²) in [5.74, 6) is -0.240. The molecule has 0 aliphatic carbocycles. The Morgan fingerprint density at radius 1 is 1.07 bits per heavy atom. The number of nitrogens with one attached hydrogen (secondary N) is 1. The van der Waals surface area contributed by atoms with Gasteiger partial charge in [0.05, 0.1) is 21.9 Å². The molecule has 0 saturated heterocycles. The Kier molecular flexibility index (Phi) is 5.68. The Hall–Kier alpha value is -2.56. The largest absolute Gasteiger partial charge is 0.316 e. The van der Waals surface area contributed by atoms with Gasteiger partial charge in [-0.15, -0.1) is 0 Å². The van der Waals surface area contributed by atoms with E-state index in [0.717, 1.165) is 28.2 Å². The maximum Gasteiger partial charge on any atom is 0.271 e. The number of aryl methyl sites for hydroxylation is 2. The van der Waals surface area contributed by atoms with Crippen molar-refractivity contribution in [2.24, 2.45) is 5.10 Å². The molecule has 0 aliphatic rings. The van der Waals surface area contributed by atoms with Crippen LogP contribution in [-0.4, -0.2) is 16.7 Å². The molecule has 3 aromatic rings. The summed E-state index contributed by atoms with van der Waals surface area (Å²) in [6.45, 7) is 5.84. The highest BCUT2D eigenvalue weighted by Crippen LogP contribution is 2.31. The second-order valence-corrected chi connectivity index (χ2v) is 7.03. The second kappa shape index (κ2) is 7.99. The van der Waals surface area contributed by atoms with Crippen LogP contribution in [0.3, 0.4) is 0 Å². The van der Waals surface area contributed by atoms with Gasteiger partial charge in [0.1, 0.15) is 0 Å². The van der Waals surface area contributed by atoms with Gasteiger partial charge in [-0.3, -0.25) is 4.79 Å². The second-order valence-electron chi connectivity index (χ2n) is 6.25. The summed E-state index contributed by atoms with van der Waals surface area (Å²) < 4.78 is 2.01. The number of hydrogen-bond donors (Lipinski definition) is 1. The third-order valence-electron chi connectivity index (χ3n) is 4.40. The molecule has 0 aliphatic heterocycles. The number of nitrogens with zero attached hydrogens (tertiary/aromatic N) is 2. The molecule has 0 fully saturated rings. The minimum absolute atomic E-state index is 0.240. The van der Waals surface area contributed by atoms with Crippen LogP contribution in [0.25, 0.3) is 5.69 Å². The van der Waals surface area contributed by atoms with Crippen molar-refractivity contribution in [1.29, 1.82) is 0 Å². The monoisotopic (exact) mass is 399 g/mol. The van der Waals surface area contributed by atoms with Crippen LogP contribution in [0.1, 0.15) is 32.9 Å². The first kappa shape index (κ1) is 19.2. The van der Waals surface area contributed by atoms with E-state index in [-0.39, 0.29) is 5.91 Å². The zero-order valence-corrected chi connectivity index (χ0v) is 16.8. The average molecular weight is 400 g/mol. The van der Waals surface area contributed by atoms with Crippen molar-refractivity contribution in [3.63, 3.8) is 0 Å². The predicted molar refractivity (Wildman–Crippen MR) is 112 cm³/mol. The first-order valence-corrected chi connectivity index (χ1v) is 9.18. The number of carbonyl (C=O) groups is 1. The lowest BCUT2D eigenvalue weighted by Gasteiger charge is -2.12. The van der Waals surface area contributed by atoms with Crippen molar-refractivity contribution >= 4 is 35.3 Å². The van der Waals surface area contributed by atoms with Gasteiger partial charge in [0.2, 0.25) is 0 Å². The highest BCUT2D eigenvalue weighted by molar-refractivity contribution is 6.43. The maximum atomic E-state index is 12.3. The number of hydrazone groups is 1. The van der Waals surface area contributed by atoms with Crippen LogP contribution >= 0.6 is 23.2 Å². The third kappa shape index (κ3) is 3.92. The van der Waals surface area contributed by atoms with Crippen molar-refractivity contribution in [3.05, 3.63) is 86.7 Å². The van der Waals surface area contributed by atoms with Crippen LogP contribution in [0.2, 0.25) is 10.0 Å². The molecule has 0 unspecified atom stereocenters.